The molecule has 0 spiro atoms. The van der Waals surface area contributed by atoms with Gasteiger partial charge >= 0.3 is 5.69 Å². The van der Waals surface area contributed by atoms with E-state index < -0.39 is 0 Å². The SMILES string of the molecule is O=c1[nH]c(NCn2nnc3ccccc32)c(-c2ccc3nsnc3c2)n1-c1ccc2nc[nH]c2c1. The van der Waals surface area contributed by atoms with Crippen LogP contribution in [0.4, 0.5) is 5.82 Å². The van der Waals surface area contributed by atoms with E-state index in [4.69, 9.17) is 0 Å². The van der Waals surface area contributed by atoms with Gasteiger partial charge in [0.25, 0.3) is 0 Å². The molecule has 3 aromatic carbocycles. The van der Waals surface area contributed by atoms with E-state index >= 15 is 0 Å². The van der Waals surface area contributed by atoms with Gasteiger partial charge in [-0.1, -0.05) is 23.4 Å². The fourth-order valence-corrected chi connectivity index (χ4v) is 4.78. The lowest BCUT2D eigenvalue weighted by atomic mass is 10.1. The minimum absolute atomic E-state index is 0.277. The maximum Gasteiger partial charge on any atom is 0.332 e. The smallest absolute Gasteiger partial charge is 0.332 e. The summed E-state index contributed by atoms with van der Waals surface area (Å²) in [6, 6.07) is 19.2. The zero-order chi connectivity index (χ0) is 23.4. The minimum Gasteiger partial charge on any atom is -0.351 e. The van der Waals surface area contributed by atoms with E-state index in [1.807, 2.05) is 60.7 Å². The number of H-pyrrole nitrogens is 2. The third kappa shape index (κ3) is 3.19. The van der Waals surface area contributed by atoms with E-state index in [2.05, 4.69) is 39.3 Å². The number of aromatic amines is 2. The van der Waals surface area contributed by atoms with E-state index in [-0.39, 0.29) is 5.69 Å². The first kappa shape index (κ1) is 19.6. The lowest BCUT2D eigenvalue weighted by Crippen LogP contribution is -2.15. The predicted octanol–water partition coefficient (Wildman–Crippen LogP) is 3.53. The van der Waals surface area contributed by atoms with Crippen molar-refractivity contribution >= 4 is 50.6 Å². The molecular formula is C23H16N10OS. The first-order valence-corrected chi connectivity index (χ1v) is 11.5. The minimum atomic E-state index is -0.277. The molecule has 12 heteroatoms. The molecular weight excluding hydrogens is 464 g/mol. The van der Waals surface area contributed by atoms with Gasteiger partial charge in [0.1, 0.15) is 29.0 Å². The summed E-state index contributed by atoms with van der Waals surface area (Å²) in [7, 11) is 0. The molecule has 0 saturated heterocycles. The Morgan fingerprint density at radius 3 is 2.80 bits per heavy atom. The Kier molecular flexibility index (Phi) is 4.26. The average molecular weight is 481 g/mol. The van der Waals surface area contributed by atoms with Crippen molar-refractivity contribution in [2.75, 3.05) is 5.32 Å². The number of fused-ring (bicyclic) bond motifs is 3. The summed E-state index contributed by atoms with van der Waals surface area (Å²) in [5, 5.41) is 11.8. The molecule has 0 bridgehead atoms. The number of hydrogen-bond donors (Lipinski definition) is 3. The van der Waals surface area contributed by atoms with Crippen molar-refractivity contribution in [1.82, 2.24) is 43.3 Å². The van der Waals surface area contributed by atoms with E-state index in [0.717, 1.165) is 50.4 Å². The highest BCUT2D eigenvalue weighted by Gasteiger charge is 2.19. The maximum absolute atomic E-state index is 13.3. The highest BCUT2D eigenvalue weighted by atomic mass is 32.1. The first-order chi connectivity index (χ1) is 17.2. The van der Waals surface area contributed by atoms with Gasteiger partial charge in [0.05, 0.1) is 46.0 Å². The van der Waals surface area contributed by atoms with Gasteiger partial charge in [0, 0.05) is 5.56 Å². The van der Waals surface area contributed by atoms with Gasteiger partial charge < -0.3 is 10.3 Å². The molecule has 3 N–H and O–H groups in total. The second-order valence-corrected chi connectivity index (χ2v) is 8.50. The zero-order valence-electron chi connectivity index (χ0n) is 18.0. The maximum atomic E-state index is 13.3. The van der Waals surface area contributed by atoms with Gasteiger partial charge in [-0.15, -0.1) is 5.10 Å². The Balaban J connectivity index is 1.38. The number of nitrogens with one attached hydrogen (secondary N) is 3. The Morgan fingerprint density at radius 2 is 1.83 bits per heavy atom. The van der Waals surface area contributed by atoms with Crippen molar-refractivity contribution in [2.45, 2.75) is 6.67 Å². The third-order valence-corrected chi connectivity index (χ3v) is 6.47. The van der Waals surface area contributed by atoms with Crippen LogP contribution in [-0.2, 0) is 6.67 Å². The standard InChI is InChI=1S/C23H16N10OS/c34-23-27-22(26-12-32-20-4-2-1-3-17(20)28-31-32)21(13-5-7-16-19(9-13)30-35-29-16)33(23)14-6-8-15-18(10-14)25-11-24-15/h1-11,26H,12H2,(H,24,25)(H,27,34). The lowest BCUT2D eigenvalue weighted by Gasteiger charge is -2.12. The fourth-order valence-electron chi connectivity index (χ4n) is 4.26. The molecule has 7 aromatic rings. The molecule has 0 unspecified atom stereocenters. The van der Waals surface area contributed by atoms with E-state index in [1.165, 1.54) is 0 Å². The summed E-state index contributed by atoms with van der Waals surface area (Å²) in [6.07, 6.45) is 1.63. The molecule has 0 aliphatic carbocycles. The van der Waals surface area contributed by atoms with Gasteiger partial charge in [-0.25, -0.2) is 14.5 Å². The van der Waals surface area contributed by atoms with Crippen LogP contribution in [0, 0.1) is 0 Å². The number of aromatic nitrogens is 9. The van der Waals surface area contributed by atoms with Gasteiger partial charge in [-0.3, -0.25) is 9.55 Å². The molecule has 0 aliphatic heterocycles. The fraction of sp³-hybridized carbons (Fsp3) is 0.0435. The van der Waals surface area contributed by atoms with Crippen molar-refractivity contribution in [3.63, 3.8) is 0 Å². The molecule has 0 radical (unpaired) electrons. The highest BCUT2D eigenvalue weighted by Crippen LogP contribution is 2.31. The summed E-state index contributed by atoms with van der Waals surface area (Å²) in [5.74, 6) is 0.557. The number of para-hydroxylation sites is 1. The van der Waals surface area contributed by atoms with E-state index in [9.17, 15) is 4.79 Å². The second kappa shape index (κ2) is 7.60. The van der Waals surface area contributed by atoms with E-state index in [0.29, 0.717) is 23.9 Å². The molecule has 4 aromatic heterocycles. The highest BCUT2D eigenvalue weighted by molar-refractivity contribution is 7.00. The van der Waals surface area contributed by atoms with Crippen molar-refractivity contribution in [1.29, 1.82) is 0 Å². The van der Waals surface area contributed by atoms with Crippen molar-refractivity contribution < 1.29 is 0 Å². The van der Waals surface area contributed by atoms with Crippen LogP contribution in [0.3, 0.4) is 0 Å². The number of anilines is 1. The van der Waals surface area contributed by atoms with Crippen LogP contribution < -0.4 is 11.0 Å². The number of nitrogens with zero attached hydrogens (tertiary/aromatic N) is 7. The molecule has 4 heterocycles. The van der Waals surface area contributed by atoms with Crippen LogP contribution in [-0.4, -0.2) is 43.3 Å². The second-order valence-electron chi connectivity index (χ2n) is 7.97. The van der Waals surface area contributed by atoms with Crippen LogP contribution in [0.25, 0.3) is 50.0 Å². The van der Waals surface area contributed by atoms with E-state index in [1.54, 1.807) is 15.6 Å². The average Bonchev–Trinajstić information content (AvgIpc) is 3.67. The Bertz CT molecular complexity index is 1910. The van der Waals surface area contributed by atoms with Crippen molar-refractivity contribution in [3.8, 4) is 16.9 Å². The van der Waals surface area contributed by atoms with Gasteiger partial charge in [0.15, 0.2) is 0 Å². The van der Waals surface area contributed by atoms with Crippen molar-refractivity contribution in [2.24, 2.45) is 0 Å². The third-order valence-electron chi connectivity index (χ3n) is 5.91. The molecule has 0 amide bonds. The summed E-state index contributed by atoms with van der Waals surface area (Å²) in [4.78, 5) is 23.6. The zero-order valence-corrected chi connectivity index (χ0v) is 18.8. The Hall–Kier alpha value is -4.84. The summed E-state index contributed by atoms with van der Waals surface area (Å²) < 4.78 is 12.1. The summed E-state index contributed by atoms with van der Waals surface area (Å²) in [5.41, 5.74) is 6.85. The van der Waals surface area contributed by atoms with Crippen LogP contribution in [0.15, 0.2) is 71.8 Å². The lowest BCUT2D eigenvalue weighted by molar-refractivity contribution is 0.654. The molecule has 0 saturated carbocycles. The predicted molar refractivity (Wildman–Crippen MR) is 134 cm³/mol. The molecule has 170 valence electrons. The van der Waals surface area contributed by atoms with Crippen LogP contribution in [0.1, 0.15) is 0 Å². The Labute approximate surface area is 200 Å². The number of rotatable bonds is 5. The quantitative estimate of drug-likeness (QED) is 0.343. The molecule has 0 fully saturated rings. The van der Waals surface area contributed by atoms with Gasteiger partial charge in [-0.2, -0.15) is 8.75 Å². The van der Waals surface area contributed by atoms with Crippen LogP contribution in [0.5, 0.6) is 0 Å². The van der Waals surface area contributed by atoms with Gasteiger partial charge in [0.2, 0.25) is 0 Å². The normalized spacial score (nSPS) is 11.7. The number of benzene rings is 3. The Morgan fingerprint density at radius 1 is 0.943 bits per heavy atom. The molecule has 7 rings (SSSR count). The summed E-state index contributed by atoms with van der Waals surface area (Å²) >= 11 is 1.16. The monoisotopic (exact) mass is 480 g/mol. The van der Waals surface area contributed by atoms with Crippen LogP contribution in [0.2, 0.25) is 0 Å². The first-order valence-electron chi connectivity index (χ1n) is 10.8. The molecule has 11 nitrogen and oxygen atoms in total. The topological polar surface area (TPSA) is 135 Å². The number of imidazole rings is 2. The molecule has 0 atom stereocenters. The largest absolute Gasteiger partial charge is 0.351 e. The van der Waals surface area contributed by atoms with Crippen molar-refractivity contribution in [3.05, 3.63) is 77.5 Å². The molecule has 35 heavy (non-hydrogen) atoms. The summed E-state index contributed by atoms with van der Waals surface area (Å²) in [6.45, 7) is 0.313. The number of hydrogen-bond acceptors (Lipinski definition) is 8. The molecule has 0 aliphatic rings. The van der Waals surface area contributed by atoms with Crippen LogP contribution >= 0.6 is 11.7 Å². The van der Waals surface area contributed by atoms with Gasteiger partial charge in [-0.05, 0) is 42.5 Å².